The van der Waals surface area contributed by atoms with Crippen molar-refractivity contribution >= 4 is 34.0 Å². The first-order valence-corrected chi connectivity index (χ1v) is 10.2. The maximum Gasteiger partial charge on any atom is 0.258 e. The fraction of sp³-hybridized carbons (Fsp3) is 0.238. The van der Waals surface area contributed by atoms with Crippen molar-refractivity contribution in [3.63, 3.8) is 0 Å². The van der Waals surface area contributed by atoms with Crippen molar-refractivity contribution in [2.45, 2.75) is 20.0 Å². The minimum Gasteiger partial charge on any atom is -0.364 e. The van der Waals surface area contributed by atoms with Crippen LogP contribution in [0.5, 0.6) is 0 Å². The molecule has 0 aliphatic carbocycles. The van der Waals surface area contributed by atoms with Crippen LogP contribution in [0, 0.1) is 5.92 Å². The van der Waals surface area contributed by atoms with Crippen molar-refractivity contribution in [2.75, 3.05) is 17.2 Å². The molecule has 1 aromatic carbocycles. The Kier molecular flexibility index (Phi) is 5.26. The highest BCUT2D eigenvalue weighted by atomic mass is 32.1. The van der Waals surface area contributed by atoms with Crippen LogP contribution in [-0.2, 0) is 4.79 Å². The number of nitrogens with zero attached hydrogens (tertiary/aromatic N) is 3. The van der Waals surface area contributed by atoms with Gasteiger partial charge in [-0.3, -0.25) is 14.6 Å². The van der Waals surface area contributed by atoms with Gasteiger partial charge < -0.3 is 15.5 Å². The van der Waals surface area contributed by atoms with Gasteiger partial charge in [0.25, 0.3) is 5.91 Å². The first kappa shape index (κ1) is 19.1. The number of nitrogens with one attached hydrogen (secondary N) is 2. The highest BCUT2D eigenvalue weighted by molar-refractivity contribution is 7.14. The topological polar surface area (TPSA) is 87.2 Å². The van der Waals surface area contributed by atoms with Crippen molar-refractivity contribution < 1.29 is 9.59 Å². The van der Waals surface area contributed by atoms with Crippen LogP contribution in [0.15, 0.2) is 54.0 Å². The van der Waals surface area contributed by atoms with Gasteiger partial charge in [0.1, 0.15) is 18.4 Å². The van der Waals surface area contributed by atoms with E-state index in [1.807, 2.05) is 55.6 Å². The molecular formula is C21H21N5O2S. The van der Waals surface area contributed by atoms with E-state index in [0.29, 0.717) is 16.4 Å². The minimum atomic E-state index is -0.285. The van der Waals surface area contributed by atoms with E-state index in [2.05, 4.69) is 20.6 Å². The third kappa shape index (κ3) is 3.97. The first-order chi connectivity index (χ1) is 14.0. The average Bonchev–Trinajstić information content (AvgIpc) is 3.19. The Labute approximate surface area is 172 Å². The van der Waals surface area contributed by atoms with Gasteiger partial charge in [-0.05, 0) is 30.2 Å². The van der Waals surface area contributed by atoms with E-state index in [1.165, 1.54) is 11.3 Å². The number of benzene rings is 1. The van der Waals surface area contributed by atoms with Crippen LogP contribution < -0.4 is 10.6 Å². The molecule has 4 rings (SSSR count). The number of aromatic nitrogens is 2. The lowest BCUT2D eigenvalue weighted by Crippen LogP contribution is -2.53. The van der Waals surface area contributed by atoms with Gasteiger partial charge in [0.15, 0.2) is 5.13 Å². The molecule has 3 heterocycles. The van der Waals surface area contributed by atoms with Gasteiger partial charge in [0, 0.05) is 17.3 Å². The summed E-state index contributed by atoms with van der Waals surface area (Å²) in [5.74, 6) is -0.302. The normalized spacial score (nSPS) is 15.8. The van der Waals surface area contributed by atoms with Crippen molar-refractivity contribution in [1.82, 2.24) is 14.9 Å². The molecule has 1 atom stereocenters. The second-order valence-electron chi connectivity index (χ2n) is 7.11. The van der Waals surface area contributed by atoms with Gasteiger partial charge in [0.05, 0.1) is 11.3 Å². The molecule has 0 fully saturated rings. The predicted molar refractivity (Wildman–Crippen MR) is 114 cm³/mol. The summed E-state index contributed by atoms with van der Waals surface area (Å²) in [6, 6.07) is 13.0. The summed E-state index contributed by atoms with van der Waals surface area (Å²) in [5, 5.41) is 8.50. The number of amides is 2. The molecule has 0 radical (unpaired) electrons. The van der Waals surface area contributed by atoms with Crippen LogP contribution in [0.3, 0.4) is 0 Å². The molecule has 3 aromatic rings. The third-order valence-corrected chi connectivity index (χ3v) is 5.44. The summed E-state index contributed by atoms with van der Waals surface area (Å²) in [5.41, 5.74) is 2.82. The van der Waals surface area contributed by atoms with Crippen molar-refractivity contribution in [1.29, 1.82) is 0 Å². The van der Waals surface area contributed by atoms with E-state index in [1.54, 1.807) is 17.2 Å². The number of carbonyl (C=O) groups is 2. The minimum absolute atomic E-state index is 0.0541. The molecule has 2 amide bonds. The van der Waals surface area contributed by atoms with Crippen LogP contribution in [0.2, 0.25) is 0 Å². The Balaban J connectivity index is 1.49. The van der Waals surface area contributed by atoms with E-state index in [4.69, 9.17) is 0 Å². The largest absolute Gasteiger partial charge is 0.364 e. The zero-order valence-electron chi connectivity index (χ0n) is 16.1. The van der Waals surface area contributed by atoms with Gasteiger partial charge in [-0.15, -0.1) is 11.3 Å². The Morgan fingerprint density at radius 3 is 2.76 bits per heavy atom. The molecule has 8 heteroatoms. The lowest BCUT2D eigenvalue weighted by atomic mass is 10.0. The first-order valence-electron chi connectivity index (χ1n) is 9.36. The standard InChI is InChI=1S/C21H21N5O2S/c1-13(2)19-23-15-8-4-3-7-14(15)20(28)26(19)11-18(27)25-21-24-17(12-29-21)16-9-5-6-10-22-16/h3-10,12-13,19,23H,11H2,1-2H3,(H,24,25,27). The molecule has 2 N–H and O–H groups in total. The Hall–Kier alpha value is -3.26. The SMILES string of the molecule is CC(C)C1Nc2ccccc2C(=O)N1CC(=O)Nc1nc(-c2ccccn2)cs1. The zero-order valence-corrected chi connectivity index (χ0v) is 16.9. The average molecular weight is 407 g/mol. The summed E-state index contributed by atoms with van der Waals surface area (Å²) in [6.45, 7) is 3.98. The second kappa shape index (κ2) is 8.00. The van der Waals surface area contributed by atoms with Gasteiger partial charge in [-0.2, -0.15) is 0 Å². The van der Waals surface area contributed by atoms with E-state index < -0.39 is 0 Å². The van der Waals surface area contributed by atoms with Crippen LogP contribution in [-0.4, -0.2) is 39.4 Å². The van der Waals surface area contributed by atoms with Gasteiger partial charge in [0.2, 0.25) is 5.91 Å². The van der Waals surface area contributed by atoms with Crippen LogP contribution in [0.25, 0.3) is 11.4 Å². The summed E-state index contributed by atoms with van der Waals surface area (Å²) in [4.78, 5) is 35.9. The Morgan fingerprint density at radius 1 is 1.21 bits per heavy atom. The lowest BCUT2D eigenvalue weighted by Gasteiger charge is -2.39. The highest BCUT2D eigenvalue weighted by Gasteiger charge is 2.34. The third-order valence-electron chi connectivity index (χ3n) is 4.68. The number of hydrogen-bond acceptors (Lipinski definition) is 6. The maximum atomic E-state index is 13.0. The van der Waals surface area contributed by atoms with Crippen LogP contribution in [0.4, 0.5) is 10.8 Å². The second-order valence-corrected chi connectivity index (χ2v) is 7.97. The number of carbonyl (C=O) groups excluding carboxylic acids is 2. The molecule has 1 aliphatic heterocycles. The maximum absolute atomic E-state index is 13.0. The molecule has 1 aliphatic rings. The van der Waals surface area contributed by atoms with Crippen LogP contribution >= 0.6 is 11.3 Å². The number of anilines is 2. The number of para-hydroxylation sites is 1. The molecule has 0 bridgehead atoms. The van der Waals surface area contributed by atoms with Crippen molar-refractivity contribution in [3.8, 4) is 11.4 Å². The highest BCUT2D eigenvalue weighted by Crippen LogP contribution is 2.28. The molecule has 0 saturated heterocycles. The molecule has 148 valence electrons. The zero-order chi connectivity index (χ0) is 20.4. The summed E-state index contributed by atoms with van der Waals surface area (Å²) in [7, 11) is 0. The molecule has 29 heavy (non-hydrogen) atoms. The number of thiazole rings is 1. The molecule has 1 unspecified atom stereocenters. The van der Waals surface area contributed by atoms with E-state index >= 15 is 0 Å². The Bertz CT molecular complexity index is 1030. The lowest BCUT2D eigenvalue weighted by molar-refractivity contribution is -0.117. The van der Waals surface area contributed by atoms with Crippen molar-refractivity contribution in [2.24, 2.45) is 5.92 Å². The van der Waals surface area contributed by atoms with Gasteiger partial charge in [-0.1, -0.05) is 32.0 Å². The summed E-state index contributed by atoms with van der Waals surface area (Å²) >= 11 is 1.33. The molecule has 0 saturated carbocycles. The van der Waals surface area contributed by atoms with E-state index in [-0.39, 0.29) is 30.4 Å². The smallest absolute Gasteiger partial charge is 0.258 e. The molecule has 0 spiro atoms. The number of pyridine rings is 1. The van der Waals surface area contributed by atoms with Gasteiger partial charge in [-0.25, -0.2) is 4.98 Å². The number of fused-ring (bicyclic) bond motifs is 1. The van der Waals surface area contributed by atoms with Crippen molar-refractivity contribution in [3.05, 3.63) is 59.6 Å². The number of hydrogen-bond donors (Lipinski definition) is 2. The molecule has 2 aromatic heterocycles. The van der Waals surface area contributed by atoms with Gasteiger partial charge >= 0.3 is 0 Å². The fourth-order valence-corrected chi connectivity index (χ4v) is 4.01. The Morgan fingerprint density at radius 2 is 2.00 bits per heavy atom. The monoisotopic (exact) mass is 407 g/mol. The molecular weight excluding hydrogens is 386 g/mol. The predicted octanol–water partition coefficient (Wildman–Crippen LogP) is 3.69. The quantitative estimate of drug-likeness (QED) is 0.673. The number of rotatable bonds is 5. The fourth-order valence-electron chi connectivity index (χ4n) is 3.29. The summed E-state index contributed by atoms with van der Waals surface area (Å²) in [6.07, 6.45) is 1.44. The van der Waals surface area contributed by atoms with E-state index in [0.717, 1.165) is 11.4 Å². The van der Waals surface area contributed by atoms with E-state index in [9.17, 15) is 9.59 Å². The van der Waals surface area contributed by atoms with Crippen LogP contribution in [0.1, 0.15) is 24.2 Å². The summed E-state index contributed by atoms with van der Waals surface area (Å²) < 4.78 is 0. The molecule has 7 nitrogen and oxygen atoms in total.